The predicted molar refractivity (Wildman–Crippen MR) is 140 cm³/mol. The Morgan fingerprint density at radius 3 is 1.83 bits per heavy atom. The molecule has 36 heavy (non-hydrogen) atoms. The van der Waals surface area contributed by atoms with E-state index in [4.69, 9.17) is 4.74 Å². The molecule has 2 fully saturated rings. The average molecular weight is 493 g/mol. The van der Waals surface area contributed by atoms with E-state index >= 15 is 4.39 Å². The zero-order chi connectivity index (χ0) is 25.2. The highest BCUT2D eigenvalue weighted by atomic mass is 19.2. The lowest BCUT2D eigenvalue weighted by atomic mass is 9.68. The fourth-order valence-corrected chi connectivity index (χ4v) is 6.45. The van der Waals surface area contributed by atoms with E-state index in [-0.39, 0.29) is 17.1 Å². The second kappa shape index (κ2) is 10.7. The molecule has 0 radical (unpaired) electrons. The topological polar surface area (TPSA) is 9.23 Å². The van der Waals surface area contributed by atoms with E-state index in [1.165, 1.54) is 57.8 Å². The molecule has 0 aliphatic heterocycles. The molecule has 0 saturated heterocycles. The molecule has 0 atom stereocenters. The maximum absolute atomic E-state index is 15.2. The van der Waals surface area contributed by atoms with Crippen LogP contribution in [0.15, 0.2) is 54.6 Å². The van der Waals surface area contributed by atoms with Gasteiger partial charge in [-0.2, -0.15) is 4.39 Å². The van der Waals surface area contributed by atoms with Crippen LogP contribution in [0, 0.1) is 35.2 Å². The van der Waals surface area contributed by atoms with Crippen molar-refractivity contribution < 1.29 is 17.9 Å². The Hall–Kier alpha value is -2.75. The largest absolute Gasteiger partial charge is 0.494 e. The first-order valence-electron chi connectivity index (χ1n) is 13.4. The second-order valence-electron chi connectivity index (χ2n) is 10.9. The normalized spacial score (nSPS) is 24.5. The van der Waals surface area contributed by atoms with Gasteiger partial charge in [0.2, 0.25) is 5.82 Å². The molecule has 190 valence electrons. The van der Waals surface area contributed by atoms with E-state index in [0.717, 1.165) is 47.3 Å². The van der Waals surface area contributed by atoms with E-state index in [1.807, 2.05) is 24.3 Å². The quantitative estimate of drug-likeness (QED) is 0.344. The summed E-state index contributed by atoms with van der Waals surface area (Å²) in [4.78, 5) is 0. The zero-order valence-corrected chi connectivity index (χ0v) is 21.2. The van der Waals surface area contributed by atoms with Crippen molar-refractivity contribution in [1.29, 1.82) is 0 Å². The highest BCUT2D eigenvalue weighted by Crippen LogP contribution is 2.44. The minimum atomic E-state index is -1.00. The van der Waals surface area contributed by atoms with Gasteiger partial charge < -0.3 is 4.74 Å². The molecule has 4 heteroatoms. The first kappa shape index (κ1) is 24.9. The summed E-state index contributed by atoms with van der Waals surface area (Å²) in [6.45, 7) is 2.37. The molecule has 0 unspecified atom stereocenters. The van der Waals surface area contributed by atoms with Gasteiger partial charge in [0.05, 0.1) is 7.11 Å². The van der Waals surface area contributed by atoms with Gasteiger partial charge >= 0.3 is 0 Å². The second-order valence-corrected chi connectivity index (χ2v) is 10.9. The molecular formula is C32H35F3O. The van der Waals surface area contributed by atoms with E-state index in [0.29, 0.717) is 11.5 Å². The van der Waals surface area contributed by atoms with Crippen molar-refractivity contribution in [2.24, 2.45) is 17.8 Å². The molecule has 0 heterocycles. The van der Waals surface area contributed by atoms with Crippen LogP contribution in [-0.4, -0.2) is 7.11 Å². The van der Waals surface area contributed by atoms with Gasteiger partial charge in [-0.3, -0.25) is 0 Å². The van der Waals surface area contributed by atoms with Crippen LogP contribution in [0.25, 0.3) is 22.3 Å². The number of rotatable bonds is 5. The van der Waals surface area contributed by atoms with Crippen molar-refractivity contribution in [2.45, 2.75) is 64.2 Å². The molecular weight excluding hydrogens is 457 g/mol. The van der Waals surface area contributed by atoms with Crippen LogP contribution in [0.2, 0.25) is 0 Å². The van der Waals surface area contributed by atoms with Crippen LogP contribution < -0.4 is 4.74 Å². The maximum Gasteiger partial charge on any atom is 0.201 e. The number of ether oxygens (including phenoxy) is 1. The monoisotopic (exact) mass is 492 g/mol. The van der Waals surface area contributed by atoms with Crippen LogP contribution in [0.4, 0.5) is 13.2 Å². The summed E-state index contributed by atoms with van der Waals surface area (Å²) in [5.41, 5.74) is 3.18. The third kappa shape index (κ3) is 5.05. The molecule has 0 N–H and O–H groups in total. The molecule has 3 aromatic rings. The highest BCUT2D eigenvalue weighted by Gasteiger charge is 2.31. The minimum absolute atomic E-state index is 0.124. The van der Waals surface area contributed by atoms with Crippen molar-refractivity contribution >= 4 is 0 Å². The molecule has 2 aliphatic carbocycles. The Bertz CT molecular complexity index is 1190. The molecule has 2 saturated carbocycles. The van der Waals surface area contributed by atoms with Gasteiger partial charge in [0, 0.05) is 5.56 Å². The van der Waals surface area contributed by atoms with Gasteiger partial charge in [-0.15, -0.1) is 0 Å². The van der Waals surface area contributed by atoms with Crippen molar-refractivity contribution in [1.82, 2.24) is 0 Å². The number of hydrogen-bond acceptors (Lipinski definition) is 1. The maximum atomic E-state index is 15.2. The van der Waals surface area contributed by atoms with E-state index in [1.54, 1.807) is 18.2 Å². The molecule has 0 spiro atoms. The standard InChI is InChI=1S/C32H35F3O/c1-20-3-5-21(6-4-20)22-7-11-24(12-8-22)27-16-15-26(19-29(27)33)23-9-13-25(14-10-23)28-17-18-30(36-2)32(35)31(28)34/h9-10,13-22,24H,3-8,11-12H2,1-2H3. The first-order chi connectivity index (χ1) is 17.4. The number of hydrogen-bond donors (Lipinski definition) is 0. The summed E-state index contributed by atoms with van der Waals surface area (Å²) in [5.74, 6) is 0.666. The molecule has 2 aliphatic rings. The van der Waals surface area contributed by atoms with E-state index < -0.39 is 11.6 Å². The Morgan fingerprint density at radius 2 is 1.22 bits per heavy atom. The van der Waals surface area contributed by atoms with Crippen molar-refractivity contribution in [3.63, 3.8) is 0 Å². The molecule has 0 bridgehead atoms. The molecule has 5 rings (SSSR count). The van der Waals surface area contributed by atoms with Crippen LogP contribution >= 0.6 is 0 Å². The van der Waals surface area contributed by atoms with Gasteiger partial charge in [0.25, 0.3) is 0 Å². The molecule has 3 aromatic carbocycles. The Balaban J connectivity index is 1.26. The van der Waals surface area contributed by atoms with Crippen molar-refractivity contribution in [3.05, 3.63) is 77.6 Å². The van der Waals surface area contributed by atoms with Crippen LogP contribution in [-0.2, 0) is 0 Å². The van der Waals surface area contributed by atoms with Crippen LogP contribution in [0.5, 0.6) is 5.75 Å². The fraction of sp³-hybridized carbons (Fsp3) is 0.438. The summed E-state index contributed by atoms with van der Waals surface area (Å²) < 4.78 is 48.7. The van der Waals surface area contributed by atoms with Crippen LogP contribution in [0.1, 0.15) is 69.8 Å². The number of methoxy groups -OCH3 is 1. The lowest BCUT2D eigenvalue weighted by Crippen LogP contribution is -2.25. The minimum Gasteiger partial charge on any atom is -0.494 e. The van der Waals surface area contributed by atoms with E-state index in [9.17, 15) is 8.78 Å². The van der Waals surface area contributed by atoms with Crippen molar-refractivity contribution in [3.8, 4) is 28.0 Å². The fourth-order valence-electron chi connectivity index (χ4n) is 6.45. The van der Waals surface area contributed by atoms with Crippen molar-refractivity contribution in [2.75, 3.05) is 7.11 Å². The van der Waals surface area contributed by atoms with Gasteiger partial charge in [-0.1, -0.05) is 56.2 Å². The Kier molecular flexibility index (Phi) is 7.41. The summed E-state index contributed by atoms with van der Waals surface area (Å²) in [7, 11) is 1.31. The van der Waals surface area contributed by atoms with Gasteiger partial charge in [-0.25, -0.2) is 8.78 Å². The lowest BCUT2D eigenvalue weighted by Gasteiger charge is -2.37. The summed E-state index contributed by atoms with van der Waals surface area (Å²) in [6, 6.07) is 15.6. The average Bonchev–Trinajstić information content (AvgIpc) is 2.91. The molecule has 0 amide bonds. The summed E-state index contributed by atoms with van der Waals surface area (Å²) in [6.07, 6.45) is 10.1. The molecule has 0 aromatic heterocycles. The van der Waals surface area contributed by atoms with Gasteiger partial charge in [0.15, 0.2) is 11.6 Å². The SMILES string of the molecule is COc1ccc(-c2ccc(-c3ccc(C4CCC(C5CCC(C)CC5)CC4)c(F)c3)cc2)c(F)c1F. The van der Waals surface area contributed by atoms with Gasteiger partial charge in [0.1, 0.15) is 5.82 Å². The Labute approximate surface area is 212 Å². The predicted octanol–water partition coefficient (Wildman–Crippen LogP) is 9.55. The summed E-state index contributed by atoms with van der Waals surface area (Å²) in [5, 5.41) is 0. The highest BCUT2D eigenvalue weighted by molar-refractivity contribution is 5.71. The van der Waals surface area contributed by atoms with Gasteiger partial charge in [-0.05, 0) is 103 Å². The Morgan fingerprint density at radius 1 is 0.639 bits per heavy atom. The first-order valence-corrected chi connectivity index (χ1v) is 13.4. The zero-order valence-electron chi connectivity index (χ0n) is 21.2. The third-order valence-electron chi connectivity index (χ3n) is 8.74. The lowest BCUT2D eigenvalue weighted by molar-refractivity contribution is 0.164. The third-order valence-corrected chi connectivity index (χ3v) is 8.74. The van der Waals surface area contributed by atoms with E-state index in [2.05, 4.69) is 6.92 Å². The number of halogens is 3. The van der Waals surface area contributed by atoms with Crippen LogP contribution in [0.3, 0.4) is 0 Å². The smallest absolute Gasteiger partial charge is 0.201 e. The number of benzene rings is 3. The summed E-state index contributed by atoms with van der Waals surface area (Å²) >= 11 is 0. The molecule has 1 nitrogen and oxygen atoms in total.